The number of hydrogen-bond acceptors (Lipinski definition) is 5. The molecule has 3 rings (SSSR count). The van der Waals surface area contributed by atoms with Crippen LogP contribution in [0.15, 0.2) is 36.4 Å². The predicted octanol–water partition coefficient (Wildman–Crippen LogP) is 4.56. The highest BCUT2D eigenvalue weighted by Gasteiger charge is 2.11. The highest BCUT2D eigenvalue weighted by molar-refractivity contribution is 7.22. The largest absolute Gasteiger partial charge is 0.495 e. The fraction of sp³-hybridized carbons (Fsp3) is 0.167. The minimum Gasteiger partial charge on any atom is -0.495 e. The first kappa shape index (κ1) is 18.2. The van der Waals surface area contributed by atoms with Crippen LogP contribution >= 0.6 is 22.9 Å². The van der Waals surface area contributed by atoms with Gasteiger partial charge in [0.1, 0.15) is 5.75 Å². The summed E-state index contributed by atoms with van der Waals surface area (Å²) in [6, 6.07) is 10.2. The molecule has 0 unspecified atom stereocenters. The Morgan fingerprint density at radius 2 is 2.00 bits per heavy atom. The predicted molar refractivity (Wildman–Crippen MR) is 104 cm³/mol. The van der Waals surface area contributed by atoms with Gasteiger partial charge in [-0.3, -0.25) is 9.59 Å². The number of fused-ring (bicyclic) bond motifs is 1. The number of rotatable bonds is 5. The van der Waals surface area contributed by atoms with Crippen molar-refractivity contribution in [3.63, 3.8) is 0 Å². The molecule has 1 aromatic heterocycles. The van der Waals surface area contributed by atoms with Crippen LogP contribution in [0, 0.1) is 0 Å². The van der Waals surface area contributed by atoms with E-state index in [9.17, 15) is 9.59 Å². The molecule has 0 radical (unpaired) electrons. The van der Waals surface area contributed by atoms with Gasteiger partial charge in [-0.05, 0) is 36.4 Å². The summed E-state index contributed by atoms with van der Waals surface area (Å²) in [6.45, 7) is 1.78. The fourth-order valence-corrected chi connectivity index (χ4v) is 3.45. The maximum Gasteiger partial charge on any atom is 0.255 e. The van der Waals surface area contributed by atoms with Gasteiger partial charge in [0.25, 0.3) is 5.91 Å². The lowest BCUT2D eigenvalue weighted by Gasteiger charge is -2.07. The molecule has 2 N–H and O–H groups in total. The van der Waals surface area contributed by atoms with Crippen molar-refractivity contribution in [1.82, 2.24) is 4.98 Å². The van der Waals surface area contributed by atoms with Gasteiger partial charge in [0.2, 0.25) is 5.91 Å². The highest BCUT2D eigenvalue weighted by atomic mass is 35.5. The van der Waals surface area contributed by atoms with Gasteiger partial charge in [-0.1, -0.05) is 29.9 Å². The summed E-state index contributed by atoms with van der Waals surface area (Å²) in [5.41, 5.74) is 1.81. The third-order valence-corrected chi connectivity index (χ3v) is 4.86. The summed E-state index contributed by atoms with van der Waals surface area (Å²) in [5, 5.41) is 6.48. The lowest BCUT2D eigenvalue weighted by molar-refractivity contribution is -0.115. The van der Waals surface area contributed by atoms with E-state index in [2.05, 4.69) is 15.6 Å². The lowest BCUT2D eigenvalue weighted by atomic mass is 10.2. The normalized spacial score (nSPS) is 10.6. The minimum absolute atomic E-state index is 0.0889. The number of carbonyl (C=O) groups is 2. The monoisotopic (exact) mass is 389 g/mol. The smallest absolute Gasteiger partial charge is 0.255 e. The van der Waals surface area contributed by atoms with E-state index >= 15 is 0 Å². The first-order valence-electron chi connectivity index (χ1n) is 7.85. The third kappa shape index (κ3) is 3.95. The van der Waals surface area contributed by atoms with Crippen LogP contribution in [0.5, 0.6) is 5.75 Å². The molecular formula is C18H16ClN3O3S. The van der Waals surface area contributed by atoms with Gasteiger partial charge in [0.05, 0.1) is 22.3 Å². The van der Waals surface area contributed by atoms with E-state index in [1.807, 2.05) is 6.07 Å². The molecule has 0 aliphatic rings. The van der Waals surface area contributed by atoms with Gasteiger partial charge in [0.15, 0.2) is 5.13 Å². The van der Waals surface area contributed by atoms with Gasteiger partial charge in [-0.2, -0.15) is 0 Å². The maximum atomic E-state index is 12.4. The third-order valence-electron chi connectivity index (χ3n) is 3.63. The van der Waals surface area contributed by atoms with Crippen LogP contribution in [0.1, 0.15) is 23.7 Å². The number of ether oxygens (including phenoxy) is 1. The number of hydrogen-bond donors (Lipinski definition) is 2. The van der Waals surface area contributed by atoms with Crippen LogP contribution in [-0.4, -0.2) is 23.9 Å². The molecule has 1 heterocycles. The molecule has 2 aromatic carbocycles. The van der Waals surface area contributed by atoms with Gasteiger partial charge < -0.3 is 15.4 Å². The van der Waals surface area contributed by atoms with Crippen molar-refractivity contribution in [3.8, 4) is 5.75 Å². The molecule has 0 saturated carbocycles. The number of halogens is 1. The van der Waals surface area contributed by atoms with Crippen molar-refractivity contribution in [2.24, 2.45) is 0 Å². The molecule has 0 aliphatic heterocycles. The second-order valence-electron chi connectivity index (χ2n) is 5.41. The lowest BCUT2D eigenvalue weighted by Crippen LogP contribution is -2.11. The standard InChI is InChI=1S/C18H16ClN3O3S/c1-3-16(23)22-18-21-13-6-5-11(9-15(13)26-18)20-17(24)10-4-7-14(25-2)12(19)8-10/h4-9H,3H2,1-2H3,(H,20,24)(H,21,22,23). The summed E-state index contributed by atoms with van der Waals surface area (Å²) in [4.78, 5) is 28.2. The van der Waals surface area contributed by atoms with Crippen LogP contribution < -0.4 is 15.4 Å². The van der Waals surface area contributed by atoms with Crippen molar-refractivity contribution >= 4 is 55.8 Å². The van der Waals surface area contributed by atoms with E-state index in [0.29, 0.717) is 33.6 Å². The quantitative estimate of drug-likeness (QED) is 0.670. The topological polar surface area (TPSA) is 80.3 Å². The Morgan fingerprint density at radius 1 is 1.19 bits per heavy atom. The Hall–Kier alpha value is -2.64. The number of thiazole rings is 1. The van der Waals surface area contributed by atoms with Crippen molar-refractivity contribution < 1.29 is 14.3 Å². The van der Waals surface area contributed by atoms with Crippen LogP contribution in [0.25, 0.3) is 10.2 Å². The van der Waals surface area contributed by atoms with Crippen LogP contribution in [0.2, 0.25) is 5.02 Å². The van der Waals surface area contributed by atoms with Gasteiger partial charge in [-0.25, -0.2) is 4.98 Å². The van der Waals surface area contributed by atoms with E-state index in [1.165, 1.54) is 18.4 Å². The first-order valence-corrected chi connectivity index (χ1v) is 9.05. The van der Waals surface area contributed by atoms with E-state index in [1.54, 1.807) is 37.3 Å². The molecule has 134 valence electrons. The zero-order valence-corrected chi connectivity index (χ0v) is 15.7. The molecule has 2 amide bonds. The number of anilines is 2. The van der Waals surface area contributed by atoms with Crippen molar-refractivity contribution in [2.45, 2.75) is 13.3 Å². The molecule has 0 fully saturated rings. The summed E-state index contributed by atoms with van der Waals surface area (Å²) >= 11 is 7.42. The molecule has 0 spiro atoms. The average molecular weight is 390 g/mol. The summed E-state index contributed by atoms with van der Waals surface area (Å²) < 4.78 is 5.95. The van der Waals surface area contributed by atoms with Crippen LogP contribution in [-0.2, 0) is 4.79 Å². The second-order valence-corrected chi connectivity index (χ2v) is 6.84. The molecule has 6 nitrogen and oxygen atoms in total. The fourth-order valence-electron chi connectivity index (χ4n) is 2.27. The van der Waals surface area contributed by atoms with Gasteiger partial charge in [0, 0.05) is 17.7 Å². The molecule has 0 saturated heterocycles. The summed E-state index contributed by atoms with van der Waals surface area (Å²) in [7, 11) is 1.52. The Bertz CT molecular complexity index is 987. The highest BCUT2D eigenvalue weighted by Crippen LogP contribution is 2.29. The van der Waals surface area contributed by atoms with E-state index in [4.69, 9.17) is 16.3 Å². The number of amides is 2. The molecule has 8 heteroatoms. The number of nitrogens with zero attached hydrogens (tertiary/aromatic N) is 1. The number of aromatic nitrogens is 1. The van der Waals surface area contributed by atoms with Crippen molar-refractivity contribution in [3.05, 3.63) is 47.0 Å². The Labute approximate surface area is 159 Å². The number of methoxy groups -OCH3 is 1. The Kier molecular flexibility index (Phi) is 5.39. The van der Waals surface area contributed by atoms with Gasteiger partial charge in [-0.15, -0.1) is 0 Å². The number of nitrogens with one attached hydrogen (secondary N) is 2. The minimum atomic E-state index is -0.280. The summed E-state index contributed by atoms with van der Waals surface area (Å²) in [5.74, 6) is 0.142. The molecule has 0 atom stereocenters. The zero-order valence-electron chi connectivity index (χ0n) is 14.1. The van der Waals surface area contributed by atoms with E-state index in [0.717, 1.165) is 10.2 Å². The molecule has 3 aromatic rings. The Balaban J connectivity index is 1.78. The molecular weight excluding hydrogens is 374 g/mol. The zero-order chi connectivity index (χ0) is 18.7. The van der Waals surface area contributed by atoms with Crippen LogP contribution in [0.3, 0.4) is 0 Å². The summed E-state index contributed by atoms with van der Waals surface area (Å²) in [6.07, 6.45) is 0.391. The molecule has 0 bridgehead atoms. The number of carbonyl (C=O) groups excluding carboxylic acids is 2. The van der Waals surface area contributed by atoms with Crippen molar-refractivity contribution in [2.75, 3.05) is 17.7 Å². The van der Waals surface area contributed by atoms with Crippen LogP contribution in [0.4, 0.5) is 10.8 Å². The SMILES string of the molecule is CCC(=O)Nc1nc2ccc(NC(=O)c3ccc(OC)c(Cl)c3)cc2s1. The molecule has 26 heavy (non-hydrogen) atoms. The van der Waals surface area contributed by atoms with Crippen molar-refractivity contribution in [1.29, 1.82) is 0 Å². The maximum absolute atomic E-state index is 12.4. The number of benzene rings is 2. The first-order chi connectivity index (χ1) is 12.5. The Morgan fingerprint density at radius 3 is 2.69 bits per heavy atom. The van der Waals surface area contributed by atoms with E-state index < -0.39 is 0 Å². The van der Waals surface area contributed by atoms with E-state index in [-0.39, 0.29) is 11.8 Å². The second kappa shape index (κ2) is 7.72. The average Bonchev–Trinajstić information content (AvgIpc) is 3.02. The molecule has 0 aliphatic carbocycles. The van der Waals surface area contributed by atoms with Gasteiger partial charge >= 0.3 is 0 Å².